The summed E-state index contributed by atoms with van der Waals surface area (Å²) < 4.78 is 10.3. The van der Waals surface area contributed by atoms with Gasteiger partial charge in [0.1, 0.15) is 5.56 Å². The van der Waals surface area contributed by atoms with Crippen molar-refractivity contribution in [2.24, 2.45) is 5.73 Å². The van der Waals surface area contributed by atoms with Crippen LogP contribution in [0, 0.1) is 0 Å². The van der Waals surface area contributed by atoms with Crippen molar-refractivity contribution in [3.63, 3.8) is 0 Å². The number of ether oxygens (including phenoxy) is 2. The van der Waals surface area contributed by atoms with E-state index in [0.29, 0.717) is 0 Å². The Morgan fingerprint density at radius 3 is 2.40 bits per heavy atom. The summed E-state index contributed by atoms with van der Waals surface area (Å²) in [6.07, 6.45) is -0.884. The number of primary amides is 1. The molecule has 0 radical (unpaired) electrons. The van der Waals surface area contributed by atoms with Gasteiger partial charge < -0.3 is 30.0 Å². The van der Waals surface area contributed by atoms with Crippen LogP contribution in [0.1, 0.15) is 20.8 Å². The fourth-order valence-electron chi connectivity index (χ4n) is 1.63. The van der Waals surface area contributed by atoms with Gasteiger partial charge in [0, 0.05) is 6.20 Å². The average Bonchev–Trinajstić information content (AvgIpc) is 2.38. The number of aliphatic hydroxyl groups excluding tert-OH is 1. The van der Waals surface area contributed by atoms with E-state index >= 15 is 0 Å². The van der Waals surface area contributed by atoms with Crippen molar-refractivity contribution in [3.05, 3.63) is 27.7 Å². The molecule has 1 amide bonds. The number of amides is 1. The van der Waals surface area contributed by atoms with E-state index in [2.05, 4.69) is 4.74 Å². The number of hydrogen-bond donors (Lipinski definition) is 3. The first-order valence-electron chi connectivity index (χ1n) is 5.39. The van der Waals surface area contributed by atoms with Crippen molar-refractivity contribution < 1.29 is 29.3 Å². The molecule has 9 nitrogen and oxygen atoms in total. The summed E-state index contributed by atoms with van der Waals surface area (Å²) in [5, 5.41) is 18.0. The van der Waals surface area contributed by atoms with Crippen LogP contribution in [-0.2, 0) is 11.3 Å². The van der Waals surface area contributed by atoms with Crippen LogP contribution in [0.15, 0.2) is 11.0 Å². The second-order valence-corrected chi connectivity index (χ2v) is 3.74. The third-order valence-electron chi connectivity index (χ3n) is 2.45. The molecule has 20 heavy (non-hydrogen) atoms. The number of carbonyl (C=O) groups is 2. The maximum atomic E-state index is 11.9. The van der Waals surface area contributed by atoms with Crippen LogP contribution in [0.3, 0.4) is 0 Å². The normalized spacial score (nSPS) is 10.4. The largest absolute Gasteiger partial charge is 0.491 e. The number of esters is 1. The van der Waals surface area contributed by atoms with Gasteiger partial charge in [0.15, 0.2) is 17.7 Å². The molecule has 1 heterocycles. The molecule has 0 bridgehead atoms. The van der Waals surface area contributed by atoms with Gasteiger partial charge in [-0.3, -0.25) is 9.59 Å². The number of rotatable bonds is 5. The second kappa shape index (κ2) is 6.17. The van der Waals surface area contributed by atoms with E-state index in [-0.39, 0.29) is 5.69 Å². The molecule has 0 unspecified atom stereocenters. The Bertz CT molecular complexity index is 591. The predicted octanol–water partition coefficient (Wildman–Crippen LogP) is -1.95. The Morgan fingerprint density at radius 1 is 1.40 bits per heavy atom. The average molecular weight is 286 g/mol. The highest BCUT2D eigenvalue weighted by Crippen LogP contribution is 2.16. The van der Waals surface area contributed by atoms with Crippen LogP contribution >= 0.6 is 0 Å². The topological polar surface area (TPSA) is 141 Å². The Kier molecular flexibility index (Phi) is 4.83. The zero-order chi connectivity index (χ0) is 15.4. The summed E-state index contributed by atoms with van der Waals surface area (Å²) >= 11 is 0. The zero-order valence-electron chi connectivity index (χ0n) is 10.8. The molecule has 0 saturated carbocycles. The van der Waals surface area contributed by atoms with Gasteiger partial charge in [-0.05, 0) is 0 Å². The van der Waals surface area contributed by atoms with Gasteiger partial charge in [-0.25, -0.2) is 4.79 Å². The van der Waals surface area contributed by atoms with E-state index < -0.39 is 41.5 Å². The van der Waals surface area contributed by atoms with Crippen LogP contribution in [0.5, 0.6) is 5.75 Å². The summed E-state index contributed by atoms with van der Waals surface area (Å²) in [6.45, 7) is -0.485. The number of aliphatic hydroxyl groups is 2. The maximum absolute atomic E-state index is 11.9. The predicted molar refractivity (Wildman–Crippen MR) is 65.3 cm³/mol. The van der Waals surface area contributed by atoms with Gasteiger partial charge in [0.05, 0.1) is 20.8 Å². The summed E-state index contributed by atoms with van der Waals surface area (Å²) in [7, 11) is 2.20. The Labute approximate surface area is 113 Å². The minimum absolute atomic E-state index is 0.349. The number of pyridine rings is 1. The van der Waals surface area contributed by atoms with Crippen molar-refractivity contribution >= 4 is 11.9 Å². The van der Waals surface area contributed by atoms with E-state index in [0.717, 1.165) is 25.0 Å². The van der Waals surface area contributed by atoms with Gasteiger partial charge >= 0.3 is 5.97 Å². The smallest absolute Gasteiger partial charge is 0.358 e. The van der Waals surface area contributed by atoms with Crippen LogP contribution in [0.2, 0.25) is 0 Å². The molecule has 0 aliphatic carbocycles. The molecule has 1 aromatic heterocycles. The Balaban J connectivity index is 3.69. The Hall–Kier alpha value is -2.39. The zero-order valence-corrected chi connectivity index (χ0v) is 10.8. The first kappa shape index (κ1) is 15.7. The lowest BCUT2D eigenvalue weighted by Crippen LogP contribution is -2.30. The van der Waals surface area contributed by atoms with Crippen LogP contribution in [-0.4, -0.2) is 47.2 Å². The Morgan fingerprint density at radius 2 is 2.00 bits per heavy atom. The third kappa shape index (κ3) is 2.95. The first-order chi connectivity index (χ1) is 9.33. The lowest BCUT2D eigenvalue weighted by molar-refractivity contribution is -0.0519. The molecule has 110 valence electrons. The molecule has 0 aliphatic heterocycles. The highest BCUT2D eigenvalue weighted by molar-refractivity contribution is 5.95. The molecule has 0 spiro atoms. The maximum Gasteiger partial charge on any atom is 0.358 e. The van der Waals surface area contributed by atoms with Crippen LogP contribution < -0.4 is 15.9 Å². The van der Waals surface area contributed by atoms with Gasteiger partial charge in [0.25, 0.3) is 5.91 Å². The number of carbonyl (C=O) groups excluding carboxylic acids is 2. The van der Waals surface area contributed by atoms with Crippen molar-refractivity contribution in [2.45, 2.75) is 12.8 Å². The second-order valence-electron chi connectivity index (χ2n) is 3.74. The quantitative estimate of drug-likeness (QED) is 0.422. The van der Waals surface area contributed by atoms with Crippen molar-refractivity contribution in [1.82, 2.24) is 4.57 Å². The molecule has 1 aromatic rings. The molecule has 1 rings (SSSR count). The van der Waals surface area contributed by atoms with Crippen LogP contribution in [0.4, 0.5) is 0 Å². The van der Waals surface area contributed by atoms with E-state index in [9.17, 15) is 14.4 Å². The molecule has 4 N–H and O–H groups in total. The van der Waals surface area contributed by atoms with E-state index in [1.807, 2.05) is 0 Å². The highest BCUT2D eigenvalue weighted by atomic mass is 16.5. The number of hydrogen-bond acceptors (Lipinski definition) is 7. The monoisotopic (exact) mass is 286 g/mol. The fourth-order valence-corrected chi connectivity index (χ4v) is 1.63. The van der Waals surface area contributed by atoms with E-state index in [1.54, 1.807) is 0 Å². The molecular weight excluding hydrogens is 272 g/mol. The summed E-state index contributed by atoms with van der Waals surface area (Å²) in [6, 6.07) is 0. The number of nitrogens with zero attached hydrogens (tertiary/aromatic N) is 1. The minimum atomic E-state index is -1.83. The number of nitrogens with two attached hydrogens (primary N) is 1. The van der Waals surface area contributed by atoms with Gasteiger partial charge in [-0.15, -0.1) is 0 Å². The summed E-state index contributed by atoms with van der Waals surface area (Å²) in [5.41, 5.74) is 3.36. The lowest BCUT2D eigenvalue weighted by Gasteiger charge is -2.16. The molecule has 0 fully saturated rings. The molecule has 9 heteroatoms. The molecular formula is C11H14N2O7. The van der Waals surface area contributed by atoms with E-state index in [1.165, 1.54) is 0 Å². The molecule has 0 aliphatic rings. The minimum Gasteiger partial charge on any atom is -0.491 e. The van der Waals surface area contributed by atoms with Crippen LogP contribution in [0.25, 0.3) is 0 Å². The summed E-state index contributed by atoms with van der Waals surface area (Å²) in [5.74, 6) is -2.43. The van der Waals surface area contributed by atoms with Gasteiger partial charge in [-0.1, -0.05) is 0 Å². The van der Waals surface area contributed by atoms with Gasteiger partial charge in [0.2, 0.25) is 5.43 Å². The lowest BCUT2D eigenvalue weighted by atomic mass is 10.2. The third-order valence-corrected chi connectivity index (χ3v) is 2.45. The van der Waals surface area contributed by atoms with Crippen molar-refractivity contribution in [3.8, 4) is 5.75 Å². The fraction of sp³-hybridized carbons (Fsp3) is 0.364. The van der Waals surface area contributed by atoms with Crippen molar-refractivity contribution in [2.75, 3.05) is 14.2 Å². The summed E-state index contributed by atoms with van der Waals surface area (Å²) in [4.78, 5) is 34.8. The first-order valence-corrected chi connectivity index (χ1v) is 5.39. The highest BCUT2D eigenvalue weighted by Gasteiger charge is 2.25. The van der Waals surface area contributed by atoms with Gasteiger partial charge in [-0.2, -0.15) is 0 Å². The SMILES string of the molecule is COC(=O)c1c(OC)c(=O)c(C(N)=O)cn1CC(O)O. The standard InChI is InChI=1S/C11H14N2O7/c1-19-9-7(11(18)20-2)13(4-6(14)15)3-5(8(9)16)10(12)17/h3,6,14-15H,4H2,1-2H3,(H2,12,17). The number of methoxy groups -OCH3 is 2. The number of aromatic nitrogens is 1. The molecule has 0 aromatic carbocycles. The van der Waals surface area contributed by atoms with Crippen molar-refractivity contribution in [1.29, 1.82) is 0 Å². The molecule has 0 atom stereocenters. The van der Waals surface area contributed by atoms with E-state index in [4.69, 9.17) is 20.7 Å². The molecule has 0 saturated heterocycles.